The van der Waals surface area contributed by atoms with Gasteiger partial charge < -0.3 is 4.74 Å². The summed E-state index contributed by atoms with van der Waals surface area (Å²) >= 11 is 1.01. The predicted molar refractivity (Wildman–Crippen MR) is 78.7 cm³/mol. The Hall–Kier alpha value is -2.73. The molecule has 1 heterocycles. The second-order valence-electron chi connectivity index (χ2n) is 4.18. The van der Waals surface area contributed by atoms with Gasteiger partial charge in [0.2, 0.25) is 4.80 Å². The van der Waals surface area contributed by atoms with Crippen LogP contribution in [0.25, 0.3) is 5.69 Å². The Balaban J connectivity index is 1.85. The van der Waals surface area contributed by atoms with Crippen LogP contribution < -0.4 is 9.54 Å². The second-order valence-corrected chi connectivity index (χ2v) is 5.12. The Kier molecular flexibility index (Phi) is 3.61. The van der Waals surface area contributed by atoms with Crippen LogP contribution in [0.4, 0.5) is 0 Å². The van der Waals surface area contributed by atoms with E-state index in [2.05, 4.69) is 5.10 Å². The van der Waals surface area contributed by atoms with Crippen molar-refractivity contribution in [1.29, 1.82) is 5.41 Å². The van der Waals surface area contributed by atoms with Crippen LogP contribution in [0.15, 0.2) is 60.7 Å². The highest BCUT2D eigenvalue weighted by molar-refractivity contribution is 7.10. The van der Waals surface area contributed by atoms with Gasteiger partial charge in [-0.1, -0.05) is 36.4 Å². The minimum absolute atomic E-state index is 0.151. The summed E-state index contributed by atoms with van der Waals surface area (Å²) in [6.07, 6.45) is 0. The SMILES string of the molecule is N=c1sc(OC(=O)c2ccccc2)nn1-c1ccccc1. The number of nitrogens with zero attached hydrogens (tertiary/aromatic N) is 2. The van der Waals surface area contributed by atoms with E-state index < -0.39 is 5.97 Å². The standard InChI is InChI=1S/C15H11N3O2S/c16-14-18(12-9-5-2-6-10-12)17-15(21-14)20-13(19)11-7-3-1-4-8-11/h1-10,16H. The van der Waals surface area contributed by atoms with E-state index in [0.717, 1.165) is 17.0 Å². The molecule has 3 aromatic rings. The zero-order valence-corrected chi connectivity index (χ0v) is 11.7. The van der Waals surface area contributed by atoms with Gasteiger partial charge in [-0.3, -0.25) is 5.41 Å². The van der Waals surface area contributed by atoms with Crippen molar-refractivity contribution in [2.75, 3.05) is 0 Å². The van der Waals surface area contributed by atoms with Crippen LogP contribution in [-0.2, 0) is 0 Å². The van der Waals surface area contributed by atoms with Gasteiger partial charge in [-0.05, 0) is 35.6 Å². The summed E-state index contributed by atoms with van der Waals surface area (Å²) < 4.78 is 6.64. The Labute approximate surface area is 124 Å². The highest BCUT2D eigenvalue weighted by Gasteiger charge is 2.12. The highest BCUT2D eigenvalue weighted by atomic mass is 32.1. The molecule has 0 unspecified atom stereocenters. The number of carbonyl (C=O) groups is 1. The first-order chi connectivity index (χ1) is 10.2. The molecule has 1 aromatic heterocycles. The third kappa shape index (κ3) is 2.90. The van der Waals surface area contributed by atoms with Gasteiger partial charge in [0.05, 0.1) is 11.3 Å². The number of ether oxygens (including phenoxy) is 1. The molecule has 0 aliphatic rings. The quantitative estimate of drug-likeness (QED) is 0.756. The molecular formula is C15H11N3O2S. The van der Waals surface area contributed by atoms with E-state index in [1.54, 1.807) is 24.3 Å². The van der Waals surface area contributed by atoms with Crippen LogP contribution in [-0.4, -0.2) is 15.7 Å². The molecule has 0 aliphatic heterocycles. The molecule has 3 rings (SSSR count). The van der Waals surface area contributed by atoms with E-state index in [4.69, 9.17) is 10.1 Å². The van der Waals surface area contributed by atoms with Crippen molar-refractivity contribution in [2.45, 2.75) is 0 Å². The van der Waals surface area contributed by atoms with Crippen LogP contribution in [0.2, 0.25) is 0 Å². The number of para-hydroxylation sites is 1. The number of esters is 1. The van der Waals surface area contributed by atoms with E-state index in [1.165, 1.54) is 4.68 Å². The summed E-state index contributed by atoms with van der Waals surface area (Å²) in [6.45, 7) is 0. The van der Waals surface area contributed by atoms with Gasteiger partial charge in [0, 0.05) is 0 Å². The average Bonchev–Trinajstić information content (AvgIpc) is 2.89. The Morgan fingerprint density at radius 1 is 1.05 bits per heavy atom. The summed E-state index contributed by atoms with van der Waals surface area (Å²) in [5.74, 6) is -0.482. The van der Waals surface area contributed by atoms with Crippen LogP contribution in [0.3, 0.4) is 0 Å². The lowest BCUT2D eigenvalue weighted by Gasteiger charge is -2.00. The Morgan fingerprint density at radius 2 is 1.67 bits per heavy atom. The lowest BCUT2D eigenvalue weighted by molar-refractivity contribution is 0.0732. The number of benzene rings is 2. The zero-order valence-electron chi connectivity index (χ0n) is 10.9. The fourth-order valence-electron chi connectivity index (χ4n) is 1.77. The molecule has 2 aromatic carbocycles. The molecule has 0 fully saturated rings. The van der Waals surface area contributed by atoms with Crippen molar-refractivity contribution in [3.8, 4) is 10.9 Å². The van der Waals surface area contributed by atoms with Crippen molar-refractivity contribution in [3.63, 3.8) is 0 Å². The van der Waals surface area contributed by atoms with E-state index in [9.17, 15) is 4.79 Å². The van der Waals surface area contributed by atoms with Gasteiger partial charge in [0.1, 0.15) is 0 Å². The Morgan fingerprint density at radius 3 is 2.33 bits per heavy atom. The number of nitrogens with one attached hydrogen (secondary N) is 1. The zero-order chi connectivity index (χ0) is 14.7. The van der Waals surface area contributed by atoms with Gasteiger partial charge in [0.25, 0.3) is 0 Å². The number of aromatic nitrogens is 2. The molecule has 0 aliphatic carbocycles. The number of hydrogen-bond acceptors (Lipinski definition) is 5. The average molecular weight is 297 g/mol. The molecule has 0 bridgehead atoms. The molecule has 0 atom stereocenters. The van der Waals surface area contributed by atoms with Crippen LogP contribution >= 0.6 is 11.3 Å². The lowest BCUT2D eigenvalue weighted by atomic mass is 10.2. The van der Waals surface area contributed by atoms with E-state index in [1.807, 2.05) is 36.4 Å². The first-order valence-corrected chi connectivity index (χ1v) is 7.03. The largest absolute Gasteiger partial charge is 0.393 e. The maximum atomic E-state index is 11.9. The molecule has 0 radical (unpaired) electrons. The fourth-order valence-corrected chi connectivity index (χ4v) is 2.41. The van der Waals surface area contributed by atoms with Gasteiger partial charge in [-0.25, -0.2) is 9.48 Å². The number of rotatable bonds is 3. The van der Waals surface area contributed by atoms with Crippen LogP contribution in [0.5, 0.6) is 5.19 Å². The third-order valence-corrected chi connectivity index (χ3v) is 3.45. The van der Waals surface area contributed by atoms with E-state index in [0.29, 0.717) is 5.56 Å². The van der Waals surface area contributed by atoms with Crippen LogP contribution in [0, 0.1) is 5.41 Å². The maximum Gasteiger partial charge on any atom is 0.345 e. The molecule has 1 N–H and O–H groups in total. The lowest BCUT2D eigenvalue weighted by Crippen LogP contribution is -2.12. The minimum atomic E-state index is -0.482. The van der Waals surface area contributed by atoms with Gasteiger partial charge in [0.15, 0.2) is 0 Å². The van der Waals surface area contributed by atoms with Gasteiger partial charge in [-0.2, -0.15) is 0 Å². The molecule has 0 saturated carbocycles. The predicted octanol–water partition coefficient (Wildman–Crippen LogP) is 2.63. The van der Waals surface area contributed by atoms with Crippen LogP contribution in [0.1, 0.15) is 10.4 Å². The molecule has 104 valence electrons. The van der Waals surface area contributed by atoms with Gasteiger partial charge >= 0.3 is 11.2 Å². The van der Waals surface area contributed by atoms with Crippen molar-refractivity contribution < 1.29 is 9.53 Å². The summed E-state index contributed by atoms with van der Waals surface area (Å²) in [4.78, 5) is 12.1. The molecule has 0 spiro atoms. The minimum Gasteiger partial charge on any atom is -0.393 e. The maximum absolute atomic E-state index is 11.9. The number of hydrogen-bond donors (Lipinski definition) is 1. The normalized spacial score (nSPS) is 10.3. The molecule has 0 amide bonds. The highest BCUT2D eigenvalue weighted by Crippen LogP contribution is 2.15. The summed E-state index contributed by atoms with van der Waals surface area (Å²) in [7, 11) is 0. The third-order valence-electron chi connectivity index (χ3n) is 2.75. The molecule has 5 nitrogen and oxygen atoms in total. The topological polar surface area (TPSA) is 68.0 Å². The summed E-state index contributed by atoms with van der Waals surface area (Å²) in [6, 6.07) is 18.0. The first-order valence-electron chi connectivity index (χ1n) is 6.21. The van der Waals surface area contributed by atoms with Gasteiger partial charge in [-0.15, -0.1) is 5.10 Å². The van der Waals surface area contributed by atoms with Crippen molar-refractivity contribution in [2.24, 2.45) is 0 Å². The Bertz CT molecular complexity index is 810. The molecule has 21 heavy (non-hydrogen) atoms. The van der Waals surface area contributed by atoms with Crippen molar-refractivity contribution in [1.82, 2.24) is 9.78 Å². The fraction of sp³-hybridized carbons (Fsp3) is 0. The molecule has 0 saturated heterocycles. The molecule has 6 heteroatoms. The van der Waals surface area contributed by atoms with Crippen molar-refractivity contribution in [3.05, 3.63) is 71.0 Å². The summed E-state index contributed by atoms with van der Waals surface area (Å²) in [5, 5.41) is 12.2. The first kappa shape index (κ1) is 13.3. The van der Waals surface area contributed by atoms with E-state index in [-0.39, 0.29) is 10.00 Å². The smallest absolute Gasteiger partial charge is 0.345 e. The monoisotopic (exact) mass is 297 g/mol. The van der Waals surface area contributed by atoms with Crippen molar-refractivity contribution >= 4 is 17.3 Å². The van der Waals surface area contributed by atoms with E-state index >= 15 is 0 Å². The molecular weight excluding hydrogens is 286 g/mol. The number of carbonyl (C=O) groups excluding carboxylic acids is 1. The summed E-state index contributed by atoms with van der Waals surface area (Å²) in [5.41, 5.74) is 1.20. The second kappa shape index (κ2) is 5.72.